The molecule has 0 saturated heterocycles. The predicted molar refractivity (Wildman–Crippen MR) is 177 cm³/mol. The van der Waals surface area contributed by atoms with Crippen molar-refractivity contribution >= 4 is 47.3 Å². The van der Waals surface area contributed by atoms with Crippen molar-refractivity contribution in [2.75, 3.05) is 6.61 Å². The molecule has 5 N–H and O–H groups in total. The average Bonchev–Trinajstić information content (AvgIpc) is 3.07. The van der Waals surface area contributed by atoms with Gasteiger partial charge in [-0.2, -0.15) is 5.10 Å². The average molecular weight is 680 g/mol. The summed E-state index contributed by atoms with van der Waals surface area (Å²) < 4.78 is 11.1. The van der Waals surface area contributed by atoms with Crippen LogP contribution >= 0.6 is 23.2 Å². The first-order valence-electron chi connectivity index (χ1n) is 14.4. The van der Waals surface area contributed by atoms with Crippen LogP contribution in [0.15, 0.2) is 102 Å². The van der Waals surface area contributed by atoms with Crippen LogP contribution in [0.2, 0.25) is 10.0 Å². The molecule has 244 valence electrons. The molecule has 47 heavy (non-hydrogen) atoms. The van der Waals surface area contributed by atoms with Crippen molar-refractivity contribution in [1.82, 2.24) is 16.1 Å². The van der Waals surface area contributed by atoms with Gasteiger partial charge < -0.3 is 30.3 Å². The van der Waals surface area contributed by atoms with Gasteiger partial charge in [0, 0.05) is 22.0 Å². The molecule has 4 aromatic carbocycles. The maximum Gasteiger partial charge on any atom is 0.408 e. The minimum absolute atomic E-state index is 0.00482. The highest BCUT2D eigenvalue weighted by Crippen LogP contribution is 2.23. The fraction of sp³-hybridized carbons (Fsp3) is 0.176. The first-order chi connectivity index (χ1) is 22.7. The van der Waals surface area contributed by atoms with Gasteiger partial charge >= 0.3 is 6.09 Å². The SMILES string of the molecule is O=C(N[C@@H](CO)C(=O)N[C@@H](Cc1ccc(O)cc1)C(=O)N/N=C\c1cc(Cl)ccc1OCc1cccc(Cl)c1)OCc1ccccc1. The fourth-order valence-corrected chi connectivity index (χ4v) is 4.63. The number of hydrogen-bond acceptors (Lipinski definition) is 8. The summed E-state index contributed by atoms with van der Waals surface area (Å²) in [5, 5.41) is 29.4. The van der Waals surface area contributed by atoms with Crippen LogP contribution in [0.5, 0.6) is 11.5 Å². The summed E-state index contributed by atoms with van der Waals surface area (Å²) in [6, 6.07) is 24.5. The Labute approximate surface area is 281 Å². The number of aliphatic hydroxyl groups excluding tert-OH is 1. The summed E-state index contributed by atoms with van der Waals surface area (Å²) in [5.74, 6) is -1.07. The molecule has 0 spiro atoms. The van der Waals surface area contributed by atoms with E-state index in [9.17, 15) is 24.6 Å². The molecule has 0 aliphatic rings. The number of ether oxygens (including phenoxy) is 2. The molecule has 0 saturated carbocycles. The number of hydrazone groups is 1. The van der Waals surface area contributed by atoms with E-state index in [0.717, 1.165) is 11.1 Å². The summed E-state index contributed by atoms with van der Waals surface area (Å²) in [7, 11) is 0. The number of carbonyl (C=O) groups excluding carboxylic acids is 3. The molecule has 2 atom stereocenters. The number of nitrogens with zero attached hydrogens (tertiary/aromatic N) is 1. The molecule has 0 aliphatic heterocycles. The van der Waals surface area contributed by atoms with E-state index in [4.69, 9.17) is 32.7 Å². The molecular formula is C34H32Cl2N4O7. The lowest BCUT2D eigenvalue weighted by atomic mass is 10.0. The molecule has 0 unspecified atom stereocenters. The van der Waals surface area contributed by atoms with Gasteiger partial charge in [-0.15, -0.1) is 0 Å². The molecule has 0 radical (unpaired) electrons. The summed E-state index contributed by atoms with van der Waals surface area (Å²) in [4.78, 5) is 38.7. The Morgan fingerprint density at radius 1 is 0.766 bits per heavy atom. The van der Waals surface area contributed by atoms with Crippen LogP contribution in [0.3, 0.4) is 0 Å². The third kappa shape index (κ3) is 11.3. The number of rotatable bonds is 14. The molecule has 0 aliphatic carbocycles. The van der Waals surface area contributed by atoms with E-state index in [1.165, 1.54) is 18.3 Å². The number of phenolic OH excluding ortho intramolecular Hbond substituents is 1. The second-order valence-corrected chi connectivity index (χ2v) is 11.1. The Hall–Kier alpha value is -5.10. The summed E-state index contributed by atoms with van der Waals surface area (Å²) >= 11 is 12.3. The largest absolute Gasteiger partial charge is 0.508 e. The lowest BCUT2D eigenvalue weighted by molar-refractivity contribution is -0.130. The molecule has 0 aromatic heterocycles. The van der Waals surface area contributed by atoms with Crippen molar-refractivity contribution in [3.63, 3.8) is 0 Å². The smallest absolute Gasteiger partial charge is 0.408 e. The maximum atomic E-state index is 13.3. The number of aromatic hydroxyl groups is 1. The van der Waals surface area contributed by atoms with Gasteiger partial charge in [0.15, 0.2) is 0 Å². The highest BCUT2D eigenvalue weighted by molar-refractivity contribution is 6.31. The molecule has 0 bridgehead atoms. The van der Waals surface area contributed by atoms with Gasteiger partial charge in [-0.1, -0.05) is 77.8 Å². The van der Waals surface area contributed by atoms with Gasteiger partial charge in [-0.3, -0.25) is 9.59 Å². The van der Waals surface area contributed by atoms with Gasteiger partial charge in [0.2, 0.25) is 5.91 Å². The maximum absolute atomic E-state index is 13.3. The second-order valence-electron chi connectivity index (χ2n) is 10.2. The second kappa shape index (κ2) is 17.6. The Kier molecular flexibility index (Phi) is 13.0. The molecule has 11 nitrogen and oxygen atoms in total. The fourth-order valence-electron chi connectivity index (χ4n) is 4.23. The summed E-state index contributed by atoms with van der Waals surface area (Å²) in [5.41, 5.74) is 5.06. The van der Waals surface area contributed by atoms with Gasteiger partial charge in [0.05, 0.1) is 12.8 Å². The van der Waals surface area contributed by atoms with Crippen molar-refractivity contribution in [2.24, 2.45) is 5.10 Å². The van der Waals surface area contributed by atoms with Crippen molar-refractivity contribution < 1.29 is 34.1 Å². The van der Waals surface area contributed by atoms with Gasteiger partial charge in [-0.05, 0) is 59.2 Å². The normalized spacial score (nSPS) is 12.1. The first kappa shape index (κ1) is 34.8. The number of carbonyl (C=O) groups is 3. The Bertz CT molecular complexity index is 1690. The topological polar surface area (TPSA) is 159 Å². The number of phenols is 1. The minimum Gasteiger partial charge on any atom is -0.508 e. The number of amides is 3. The van der Waals surface area contributed by atoms with E-state index < -0.39 is 36.6 Å². The zero-order chi connectivity index (χ0) is 33.6. The molecule has 13 heteroatoms. The molecular weight excluding hydrogens is 647 g/mol. The van der Waals surface area contributed by atoms with Gasteiger partial charge in [-0.25, -0.2) is 10.2 Å². The standard InChI is InChI=1S/C34H32Cl2N4O7/c35-26-8-4-7-24(15-26)21-46-31-14-11-27(36)17-25(31)18-37-40-33(44)29(16-22-9-12-28(42)13-10-22)38-32(43)30(19-41)39-34(45)47-20-23-5-2-1-3-6-23/h1-15,17-18,29-30,41-42H,16,19-21H2,(H,38,43)(H,39,45)(H,40,44)/b37-18-/t29-,30-/m0/s1. The zero-order valence-electron chi connectivity index (χ0n) is 24.9. The van der Waals surface area contributed by atoms with E-state index in [1.54, 1.807) is 66.7 Å². The summed E-state index contributed by atoms with van der Waals surface area (Å²) in [6.07, 6.45) is 0.411. The molecule has 4 rings (SSSR count). The van der Waals surface area contributed by atoms with Crippen LogP contribution in [-0.2, 0) is 34.0 Å². The first-order valence-corrected chi connectivity index (χ1v) is 15.1. The Balaban J connectivity index is 1.42. The van der Waals surface area contributed by atoms with Gasteiger partial charge in [0.1, 0.15) is 36.8 Å². The van der Waals surface area contributed by atoms with Crippen LogP contribution < -0.4 is 20.8 Å². The third-order valence-electron chi connectivity index (χ3n) is 6.65. The third-order valence-corrected chi connectivity index (χ3v) is 7.12. The molecule has 0 fully saturated rings. The number of benzene rings is 4. The van der Waals surface area contributed by atoms with Crippen LogP contribution in [0, 0.1) is 0 Å². The van der Waals surface area contributed by atoms with E-state index in [-0.39, 0.29) is 25.4 Å². The van der Waals surface area contributed by atoms with E-state index in [2.05, 4.69) is 21.2 Å². The van der Waals surface area contributed by atoms with Crippen LogP contribution in [0.1, 0.15) is 22.3 Å². The molecule has 0 heterocycles. The van der Waals surface area contributed by atoms with Crippen molar-refractivity contribution in [1.29, 1.82) is 0 Å². The highest BCUT2D eigenvalue weighted by atomic mass is 35.5. The quantitative estimate of drug-likeness (QED) is 0.0952. The van der Waals surface area contributed by atoms with Crippen molar-refractivity contribution in [3.05, 3.63) is 129 Å². The zero-order valence-corrected chi connectivity index (χ0v) is 26.4. The van der Waals surface area contributed by atoms with Crippen LogP contribution in [0.25, 0.3) is 0 Å². The van der Waals surface area contributed by atoms with E-state index >= 15 is 0 Å². The lowest BCUT2D eigenvalue weighted by Gasteiger charge is -2.21. The summed E-state index contributed by atoms with van der Waals surface area (Å²) in [6.45, 7) is -0.586. The number of aliphatic hydroxyl groups is 1. The molecule has 4 aromatic rings. The Morgan fingerprint density at radius 3 is 2.21 bits per heavy atom. The molecule has 3 amide bonds. The predicted octanol–water partition coefficient (Wildman–Crippen LogP) is 4.74. The minimum atomic E-state index is -1.41. The van der Waals surface area contributed by atoms with Gasteiger partial charge in [0.25, 0.3) is 5.91 Å². The number of hydrogen-bond donors (Lipinski definition) is 5. The lowest BCUT2D eigenvalue weighted by Crippen LogP contribution is -2.55. The number of halogens is 2. The monoisotopic (exact) mass is 678 g/mol. The Morgan fingerprint density at radius 2 is 1.49 bits per heavy atom. The van der Waals surface area contributed by atoms with Crippen LogP contribution in [-0.4, -0.2) is 53.0 Å². The number of nitrogens with one attached hydrogen (secondary N) is 3. The van der Waals surface area contributed by atoms with Crippen molar-refractivity contribution in [2.45, 2.75) is 31.7 Å². The number of alkyl carbamates (subject to hydrolysis) is 1. The van der Waals surface area contributed by atoms with Crippen LogP contribution in [0.4, 0.5) is 4.79 Å². The highest BCUT2D eigenvalue weighted by Gasteiger charge is 2.27. The van der Waals surface area contributed by atoms with Crippen molar-refractivity contribution in [3.8, 4) is 11.5 Å². The van der Waals surface area contributed by atoms with E-state index in [0.29, 0.717) is 26.9 Å². The van der Waals surface area contributed by atoms with E-state index in [1.807, 2.05) is 18.2 Å².